The van der Waals surface area contributed by atoms with E-state index in [0.717, 1.165) is 12.8 Å². The van der Waals surface area contributed by atoms with Crippen LogP contribution in [-0.2, 0) is 15.6 Å². The van der Waals surface area contributed by atoms with Crippen molar-refractivity contribution in [3.8, 4) is 0 Å². The highest BCUT2D eigenvalue weighted by atomic mass is 32.2. The van der Waals surface area contributed by atoms with Crippen LogP contribution in [0.25, 0.3) is 0 Å². The molecule has 2 aromatic carbocycles. The third-order valence-corrected chi connectivity index (χ3v) is 6.36. The predicted molar refractivity (Wildman–Crippen MR) is 104 cm³/mol. The molecule has 3 N–H and O–H groups in total. The molecule has 0 radical (unpaired) electrons. The Labute approximate surface area is 155 Å². The van der Waals surface area contributed by atoms with E-state index in [1.165, 1.54) is 0 Å². The van der Waals surface area contributed by atoms with E-state index >= 15 is 0 Å². The van der Waals surface area contributed by atoms with E-state index in [0.29, 0.717) is 17.7 Å². The minimum atomic E-state index is -3.45. The maximum absolute atomic E-state index is 12.5. The highest BCUT2D eigenvalue weighted by Gasteiger charge is 2.21. The lowest BCUT2D eigenvalue weighted by molar-refractivity contribution is 0.0942. The van der Waals surface area contributed by atoms with Gasteiger partial charge in [-0.1, -0.05) is 44.2 Å². The summed E-state index contributed by atoms with van der Waals surface area (Å²) in [6.07, 6.45) is 1.53. The average Bonchev–Trinajstić information content (AvgIpc) is 2.66. The zero-order valence-electron chi connectivity index (χ0n) is 15.2. The van der Waals surface area contributed by atoms with Crippen LogP contribution in [0, 0.1) is 0 Å². The van der Waals surface area contributed by atoms with Crippen molar-refractivity contribution in [2.45, 2.75) is 42.9 Å². The van der Waals surface area contributed by atoms with Gasteiger partial charge in [-0.2, -0.15) is 0 Å². The van der Waals surface area contributed by atoms with E-state index in [4.69, 9.17) is 5.73 Å². The topological polar surface area (TPSA) is 89.3 Å². The van der Waals surface area contributed by atoms with E-state index in [2.05, 4.69) is 5.32 Å². The second-order valence-electron chi connectivity index (χ2n) is 6.52. The van der Waals surface area contributed by atoms with Gasteiger partial charge in [0.05, 0.1) is 10.6 Å². The van der Waals surface area contributed by atoms with Gasteiger partial charge in [0.1, 0.15) is 0 Å². The fourth-order valence-corrected chi connectivity index (χ4v) is 3.95. The number of hydrogen-bond donors (Lipinski definition) is 2. The SMILES string of the molecule is CCC(N)(CC)CNC(=O)c1cccc(CS(=O)(=O)c2ccccc2)c1. The molecule has 0 saturated carbocycles. The van der Waals surface area contributed by atoms with Gasteiger partial charge >= 0.3 is 0 Å². The first-order valence-corrected chi connectivity index (χ1v) is 10.4. The number of benzene rings is 2. The smallest absolute Gasteiger partial charge is 0.251 e. The molecular weight excluding hydrogens is 348 g/mol. The number of sulfone groups is 1. The summed E-state index contributed by atoms with van der Waals surface area (Å²) < 4.78 is 25.0. The number of carbonyl (C=O) groups is 1. The summed E-state index contributed by atoms with van der Waals surface area (Å²) in [4.78, 5) is 12.7. The molecule has 1 amide bonds. The number of hydrogen-bond acceptors (Lipinski definition) is 4. The summed E-state index contributed by atoms with van der Waals surface area (Å²) in [7, 11) is -3.45. The average molecular weight is 375 g/mol. The van der Waals surface area contributed by atoms with Crippen molar-refractivity contribution in [3.05, 3.63) is 65.7 Å². The van der Waals surface area contributed by atoms with Gasteiger partial charge in [0.2, 0.25) is 0 Å². The molecule has 2 aromatic rings. The van der Waals surface area contributed by atoms with Gasteiger partial charge in [0.15, 0.2) is 9.84 Å². The molecule has 0 heterocycles. The Hall–Kier alpha value is -2.18. The van der Waals surface area contributed by atoms with Gasteiger partial charge in [-0.15, -0.1) is 0 Å². The maximum Gasteiger partial charge on any atom is 0.251 e. The zero-order chi connectivity index (χ0) is 19.2. The quantitative estimate of drug-likeness (QED) is 0.743. The van der Waals surface area contributed by atoms with Crippen LogP contribution in [0.2, 0.25) is 0 Å². The monoisotopic (exact) mass is 374 g/mol. The van der Waals surface area contributed by atoms with Crippen LogP contribution in [0.4, 0.5) is 0 Å². The molecule has 0 aliphatic heterocycles. The van der Waals surface area contributed by atoms with Crippen molar-refractivity contribution >= 4 is 15.7 Å². The third kappa shape index (κ3) is 5.16. The number of rotatable bonds is 8. The Morgan fingerprint density at radius 3 is 2.31 bits per heavy atom. The second-order valence-corrected chi connectivity index (χ2v) is 8.51. The molecule has 0 spiro atoms. The number of amides is 1. The van der Waals surface area contributed by atoms with E-state index in [1.807, 2.05) is 13.8 Å². The highest BCUT2D eigenvalue weighted by molar-refractivity contribution is 7.90. The Bertz CT molecular complexity index is 844. The minimum Gasteiger partial charge on any atom is -0.350 e. The van der Waals surface area contributed by atoms with Crippen molar-refractivity contribution in [3.63, 3.8) is 0 Å². The molecule has 0 saturated heterocycles. The van der Waals surface area contributed by atoms with Crippen molar-refractivity contribution in [2.75, 3.05) is 6.54 Å². The predicted octanol–water partition coefficient (Wildman–Crippen LogP) is 2.91. The molecule has 0 aliphatic carbocycles. The number of nitrogens with one attached hydrogen (secondary N) is 1. The van der Waals surface area contributed by atoms with Crippen LogP contribution in [0.5, 0.6) is 0 Å². The molecule has 0 unspecified atom stereocenters. The summed E-state index contributed by atoms with van der Waals surface area (Å²) in [6.45, 7) is 4.36. The highest BCUT2D eigenvalue weighted by Crippen LogP contribution is 2.17. The van der Waals surface area contributed by atoms with Crippen molar-refractivity contribution in [1.29, 1.82) is 0 Å². The molecule has 0 atom stereocenters. The van der Waals surface area contributed by atoms with Gasteiger partial charge in [0.25, 0.3) is 5.91 Å². The fourth-order valence-electron chi connectivity index (χ4n) is 2.59. The Morgan fingerprint density at radius 1 is 1.04 bits per heavy atom. The normalized spacial score (nSPS) is 12.0. The minimum absolute atomic E-state index is 0.150. The number of carbonyl (C=O) groups excluding carboxylic acids is 1. The van der Waals surface area contributed by atoms with Gasteiger partial charge in [-0.25, -0.2) is 8.42 Å². The summed E-state index contributed by atoms with van der Waals surface area (Å²) >= 11 is 0. The van der Waals surface area contributed by atoms with Crippen LogP contribution in [0.1, 0.15) is 42.6 Å². The first-order chi connectivity index (χ1) is 12.3. The fraction of sp³-hybridized carbons (Fsp3) is 0.350. The molecule has 0 aromatic heterocycles. The molecule has 140 valence electrons. The van der Waals surface area contributed by atoms with Crippen LogP contribution < -0.4 is 11.1 Å². The molecule has 0 fully saturated rings. The summed E-state index contributed by atoms with van der Waals surface area (Å²) in [5.41, 5.74) is 6.79. The molecule has 5 nitrogen and oxygen atoms in total. The summed E-state index contributed by atoms with van der Waals surface area (Å²) in [6, 6.07) is 15.0. The third-order valence-electron chi connectivity index (χ3n) is 4.66. The lowest BCUT2D eigenvalue weighted by Crippen LogP contribution is -2.49. The Kier molecular flexibility index (Phi) is 6.56. The van der Waals surface area contributed by atoms with E-state index in [-0.39, 0.29) is 16.6 Å². The molecule has 0 aliphatic rings. The van der Waals surface area contributed by atoms with Crippen LogP contribution in [0.3, 0.4) is 0 Å². The van der Waals surface area contributed by atoms with E-state index in [9.17, 15) is 13.2 Å². The summed E-state index contributed by atoms with van der Waals surface area (Å²) in [5, 5.41) is 2.85. The lowest BCUT2D eigenvalue weighted by Gasteiger charge is -2.26. The first kappa shape index (κ1) is 20.1. The zero-order valence-corrected chi connectivity index (χ0v) is 16.1. The lowest BCUT2D eigenvalue weighted by atomic mass is 9.94. The van der Waals surface area contributed by atoms with E-state index < -0.39 is 15.4 Å². The Balaban J connectivity index is 2.11. The van der Waals surface area contributed by atoms with E-state index in [1.54, 1.807) is 54.6 Å². The molecule has 0 bridgehead atoms. The number of nitrogens with two attached hydrogens (primary N) is 1. The van der Waals surface area contributed by atoms with Crippen LogP contribution >= 0.6 is 0 Å². The van der Waals surface area contributed by atoms with Gasteiger partial charge in [0, 0.05) is 17.6 Å². The molecule has 26 heavy (non-hydrogen) atoms. The first-order valence-electron chi connectivity index (χ1n) is 8.73. The molecular formula is C20H26N2O3S. The van der Waals surface area contributed by atoms with Gasteiger partial charge in [-0.3, -0.25) is 4.79 Å². The standard InChI is InChI=1S/C20H26N2O3S/c1-3-20(21,4-2)15-22-19(23)17-10-8-9-16(13-17)14-26(24,25)18-11-6-5-7-12-18/h5-13H,3-4,14-15,21H2,1-2H3,(H,22,23). The molecule has 6 heteroatoms. The Morgan fingerprint density at radius 2 is 1.69 bits per heavy atom. The van der Waals surface area contributed by atoms with Crippen LogP contribution in [-0.4, -0.2) is 26.4 Å². The van der Waals surface area contributed by atoms with Crippen molar-refractivity contribution in [1.82, 2.24) is 5.32 Å². The maximum atomic E-state index is 12.5. The van der Waals surface area contributed by atoms with Crippen molar-refractivity contribution < 1.29 is 13.2 Å². The van der Waals surface area contributed by atoms with Crippen LogP contribution in [0.15, 0.2) is 59.5 Å². The largest absolute Gasteiger partial charge is 0.350 e. The van der Waals surface area contributed by atoms with Gasteiger partial charge < -0.3 is 11.1 Å². The van der Waals surface area contributed by atoms with Gasteiger partial charge in [-0.05, 0) is 42.7 Å². The van der Waals surface area contributed by atoms with Crippen molar-refractivity contribution in [2.24, 2.45) is 5.73 Å². The summed E-state index contributed by atoms with van der Waals surface area (Å²) in [5.74, 6) is -0.399. The molecule has 2 rings (SSSR count). The second kappa shape index (κ2) is 8.47.